The molecule has 0 saturated heterocycles. The van der Waals surface area contributed by atoms with E-state index >= 15 is 0 Å². The first-order valence-corrected chi connectivity index (χ1v) is 7.47. The molecule has 1 aromatic carbocycles. The minimum atomic E-state index is 0.420. The predicted octanol–water partition coefficient (Wildman–Crippen LogP) is 4.84. The number of rotatable bonds is 0. The summed E-state index contributed by atoms with van der Waals surface area (Å²) >= 11 is 3.71. The van der Waals surface area contributed by atoms with Gasteiger partial charge in [0.2, 0.25) is 0 Å². The van der Waals surface area contributed by atoms with Crippen molar-refractivity contribution in [2.75, 3.05) is 5.32 Å². The molecule has 1 aromatic rings. The summed E-state index contributed by atoms with van der Waals surface area (Å²) in [6.45, 7) is 0. The van der Waals surface area contributed by atoms with Crippen molar-refractivity contribution in [1.82, 2.24) is 0 Å². The molecule has 4 rings (SSSR count). The van der Waals surface area contributed by atoms with Crippen LogP contribution in [0.15, 0.2) is 64.2 Å². The SMILES string of the molecule is Brc1cccc2c1C1=C3C=CCC=CC3=CCC1N2. The summed E-state index contributed by atoms with van der Waals surface area (Å²) in [6, 6.07) is 6.81. The monoisotopic (exact) mass is 311 g/mol. The van der Waals surface area contributed by atoms with Crippen LogP contribution in [-0.4, -0.2) is 6.04 Å². The Balaban J connectivity index is 2.01. The molecule has 1 atom stereocenters. The summed E-state index contributed by atoms with van der Waals surface area (Å²) in [4.78, 5) is 0. The van der Waals surface area contributed by atoms with Gasteiger partial charge in [0.25, 0.3) is 0 Å². The van der Waals surface area contributed by atoms with Gasteiger partial charge in [0.15, 0.2) is 0 Å². The molecular weight excluding hydrogens is 298 g/mol. The van der Waals surface area contributed by atoms with Crippen molar-refractivity contribution in [3.63, 3.8) is 0 Å². The fourth-order valence-electron chi connectivity index (χ4n) is 3.16. The second kappa shape index (κ2) is 4.24. The third-order valence-corrected chi connectivity index (χ3v) is 4.65. The van der Waals surface area contributed by atoms with Crippen LogP contribution >= 0.6 is 15.9 Å². The molecule has 0 aromatic heterocycles. The molecular formula is C17H14BrN. The van der Waals surface area contributed by atoms with Gasteiger partial charge in [0.05, 0.1) is 6.04 Å². The van der Waals surface area contributed by atoms with Gasteiger partial charge in [-0.05, 0) is 41.7 Å². The summed E-state index contributed by atoms with van der Waals surface area (Å²) < 4.78 is 1.19. The van der Waals surface area contributed by atoms with Crippen LogP contribution in [0.1, 0.15) is 18.4 Å². The van der Waals surface area contributed by atoms with Gasteiger partial charge in [0, 0.05) is 15.7 Å². The molecule has 1 aliphatic heterocycles. The third kappa shape index (κ3) is 1.67. The van der Waals surface area contributed by atoms with Crippen molar-refractivity contribution in [1.29, 1.82) is 0 Å². The van der Waals surface area contributed by atoms with Crippen LogP contribution in [0.4, 0.5) is 5.69 Å². The van der Waals surface area contributed by atoms with Crippen LogP contribution in [0.2, 0.25) is 0 Å². The largest absolute Gasteiger partial charge is 0.377 e. The van der Waals surface area contributed by atoms with E-state index in [4.69, 9.17) is 0 Å². The maximum absolute atomic E-state index is 3.71. The lowest BCUT2D eigenvalue weighted by Crippen LogP contribution is -2.17. The van der Waals surface area contributed by atoms with Crippen LogP contribution in [0.5, 0.6) is 0 Å². The van der Waals surface area contributed by atoms with E-state index in [2.05, 4.69) is 69.8 Å². The molecule has 1 heterocycles. The van der Waals surface area contributed by atoms with E-state index in [1.54, 1.807) is 0 Å². The van der Waals surface area contributed by atoms with E-state index in [9.17, 15) is 0 Å². The Kier molecular flexibility index (Phi) is 2.52. The summed E-state index contributed by atoms with van der Waals surface area (Å²) in [7, 11) is 0. The number of halogens is 1. The zero-order valence-corrected chi connectivity index (χ0v) is 12.1. The smallest absolute Gasteiger partial charge is 0.0562 e. The van der Waals surface area contributed by atoms with Gasteiger partial charge >= 0.3 is 0 Å². The Labute approximate surface area is 121 Å². The third-order valence-electron chi connectivity index (χ3n) is 3.99. The lowest BCUT2D eigenvalue weighted by molar-refractivity contribution is 0.915. The van der Waals surface area contributed by atoms with Gasteiger partial charge in [-0.3, -0.25) is 0 Å². The number of nitrogens with one attached hydrogen (secondary N) is 1. The molecule has 0 fully saturated rings. The van der Waals surface area contributed by atoms with Crippen LogP contribution in [0.3, 0.4) is 0 Å². The topological polar surface area (TPSA) is 12.0 Å². The molecule has 3 aliphatic rings. The highest BCUT2D eigenvalue weighted by Gasteiger charge is 2.32. The van der Waals surface area contributed by atoms with Crippen molar-refractivity contribution in [2.24, 2.45) is 0 Å². The van der Waals surface area contributed by atoms with Crippen LogP contribution in [0, 0.1) is 0 Å². The zero-order chi connectivity index (χ0) is 12.8. The van der Waals surface area contributed by atoms with Gasteiger partial charge in [-0.2, -0.15) is 0 Å². The first kappa shape index (κ1) is 11.3. The van der Waals surface area contributed by atoms with Gasteiger partial charge in [0.1, 0.15) is 0 Å². The molecule has 1 N–H and O–H groups in total. The minimum absolute atomic E-state index is 0.420. The summed E-state index contributed by atoms with van der Waals surface area (Å²) in [5, 5.41) is 3.64. The van der Waals surface area contributed by atoms with Gasteiger partial charge < -0.3 is 5.32 Å². The maximum atomic E-state index is 3.71. The Morgan fingerprint density at radius 1 is 1.16 bits per heavy atom. The van der Waals surface area contributed by atoms with E-state index in [-0.39, 0.29) is 0 Å². The molecule has 94 valence electrons. The Bertz CT molecular complexity index is 677. The van der Waals surface area contributed by atoms with Crippen molar-refractivity contribution in [3.8, 4) is 0 Å². The molecule has 1 unspecified atom stereocenters. The predicted molar refractivity (Wildman–Crippen MR) is 84.1 cm³/mol. The average molecular weight is 312 g/mol. The van der Waals surface area contributed by atoms with E-state index in [1.165, 1.54) is 32.4 Å². The van der Waals surface area contributed by atoms with Crippen LogP contribution in [-0.2, 0) is 0 Å². The molecule has 0 amide bonds. The molecule has 0 bridgehead atoms. The molecule has 2 heteroatoms. The highest BCUT2D eigenvalue weighted by Crippen LogP contribution is 2.46. The first-order chi connectivity index (χ1) is 9.34. The fourth-order valence-corrected chi connectivity index (χ4v) is 3.74. The molecule has 1 nitrogen and oxygen atoms in total. The molecule has 0 spiro atoms. The zero-order valence-electron chi connectivity index (χ0n) is 10.5. The fraction of sp³-hybridized carbons (Fsp3) is 0.176. The van der Waals surface area contributed by atoms with Gasteiger partial charge in [-0.1, -0.05) is 52.4 Å². The number of hydrogen-bond acceptors (Lipinski definition) is 1. The standard InChI is InChI=1S/C17H14BrN/c18-13-7-4-8-14-17(13)16-12-6-3-1-2-5-11(12)9-10-15(16)19-14/h2-9,15,19H,1,10H2. The highest BCUT2D eigenvalue weighted by molar-refractivity contribution is 9.10. The minimum Gasteiger partial charge on any atom is -0.377 e. The van der Waals surface area contributed by atoms with Crippen molar-refractivity contribution in [3.05, 3.63) is 69.8 Å². The maximum Gasteiger partial charge on any atom is 0.0562 e. The summed E-state index contributed by atoms with van der Waals surface area (Å²) in [5.74, 6) is 0. The summed E-state index contributed by atoms with van der Waals surface area (Å²) in [5.41, 5.74) is 6.78. The van der Waals surface area contributed by atoms with E-state index in [1.807, 2.05) is 0 Å². The second-order valence-electron chi connectivity index (χ2n) is 5.12. The van der Waals surface area contributed by atoms with E-state index < -0.39 is 0 Å². The molecule has 2 aliphatic carbocycles. The lowest BCUT2D eigenvalue weighted by atomic mass is 9.85. The number of hydrogen-bond donors (Lipinski definition) is 1. The van der Waals surface area contributed by atoms with Gasteiger partial charge in [-0.15, -0.1) is 0 Å². The second-order valence-corrected chi connectivity index (χ2v) is 5.98. The average Bonchev–Trinajstić information content (AvgIpc) is 2.64. The van der Waals surface area contributed by atoms with Crippen LogP contribution in [0.25, 0.3) is 5.57 Å². The van der Waals surface area contributed by atoms with E-state index in [0.717, 1.165) is 12.8 Å². The first-order valence-electron chi connectivity index (χ1n) is 6.68. The lowest BCUT2D eigenvalue weighted by Gasteiger charge is -2.21. The molecule has 0 radical (unpaired) electrons. The molecule has 19 heavy (non-hydrogen) atoms. The number of allylic oxidation sites excluding steroid dienone is 6. The van der Waals surface area contributed by atoms with E-state index in [0.29, 0.717) is 6.04 Å². The Morgan fingerprint density at radius 2 is 2.05 bits per heavy atom. The van der Waals surface area contributed by atoms with Gasteiger partial charge in [-0.25, -0.2) is 0 Å². The van der Waals surface area contributed by atoms with Crippen molar-refractivity contribution in [2.45, 2.75) is 18.9 Å². The Hall–Kier alpha value is -1.54. The van der Waals surface area contributed by atoms with Crippen LogP contribution < -0.4 is 5.32 Å². The molecule has 0 saturated carbocycles. The van der Waals surface area contributed by atoms with Crippen molar-refractivity contribution < 1.29 is 0 Å². The number of fused-ring (bicyclic) bond motifs is 4. The number of benzene rings is 1. The Morgan fingerprint density at radius 3 is 3.00 bits per heavy atom. The quantitative estimate of drug-likeness (QED) is 0.722. The summed E-state index contributed by atoms with van der Waals surface area (Å²) in [6.07, 6.45) is 13.5. The van der Waals surface area contributed by atoms with Crippen molar-refractivity contribution >= 4 is 27.2 Å². The number of anilines is 1. The highest BCUT2D eigenvalue weighted by atomic mass is 79.9. The normalized spacial score (nSPS) is 23.2.